The minimum atomic E-state index is -3.80. The van der Waals surface area contributed by atoms with Crippen LogP contribution < -0.4 is 9.64 Å². The van der Waals surface area contributed by atoms with Crippen molar-refractivity contribution < 1.29 is 17.9 Å². The number of sulfonamides is 1. The number of hydrogen-bond donors (Lipinski definition) is 0. The van der Waals surface area contributed by atoms with E-state index < -0.39 is 16.1 Å². The fraction of sp³-hybridized carbons (Fsp3) is 0.280. The Morgan fingerprint density at radius 1 is 1.17 bits per heavy atom. The van der Waals surface area contributed by atoms with E-state index in [1.807, 2.05) is 30.3 Å². The Kier molecular flexibility index (Phi) is 7.32. The summed E-state index contributed by atoms with van der Waals surface area (Å²) in [4.78, 5) is 20.5. The van der Waals surface area contributed by atoms with Crippen LogP contribution in [0.15, 0.2) is 64.2 Å². The molecule has 1 fully saturated rings. The Labute approximate surface area is 223 Å². The molecule has 3 heterocycles. The number of carbonyl (C=O) groups is 1. The summed E-state index contributed by atoms with van der Waals surface area (Å²) >= 11 is 8.91. The van der Waals surface area contributed by atoms with Gasteiger partial charge < -0.3 is 4.74 Å². The van der Waals surface area contributed by atoms with Gasteiger partial charge in [-0.1, -0.05) is 65.8 Å². The number of benzene rings is 2. The highest BCUT2D eigenvalue weighted by atomic mass is 35.5. The monoisotopic (exact) mass is 561 g/mol. The number of hydrogen-bond acceptors (Lipinski definition) is 7. The molecule has 0 aliphatic carbocycles. The van der Waals surface area contributed by atoms with Gasteiger partial charge in [-0.3, -0.25) is 9.69 Å². The summed E-state index contributed by atoms with van der Waals surface area (Å²) in [6, 6.07) is 15.5. The number of aromatic nitrogens is 1. The maximum Gasteiger partial charge on any atom is 0.253 e. The van der Waals surface area contributed by atoms with Gasteiger partial charge in [0, 0.05) is 6.54 Å². The molecule has 1 aliphatic rings. The zero-order valence-corrected chi connectivity index (χ0v) is 22.7. The standard InChI is InChI=1S/C25H24ClN3O4S3/c1-33-20-13-12-18(26)23-22(20)27-25(35-23)28(16-17-8-3-2-4-9-17)24(30)19-10-5-6-14-29(19)36(31,32)21-11-7-15-34-21/h2-4,7-9,11-13,15,19H,5-6,10,14,16H2,1H3. The highest BCUT2D eigenvalue weighted by molar-refractivity contribution is 7.91. The first-order valence-corrected chi connectivity index (χ1v) is 15.0. The summed E-state index contributed by atoms with van der Waals surface area (Å²) in [6.45, 7) is 0.554. The van der Waals surface area contributed by atoms with Crippen molar-refractivity contribution in [3.05, 3.63) is 70.6 Å². The summed E-state index contributed by atoms with van der Waals surface area (Å²) in [5.41, 5.74) is 1.48. The van der Waals surface area contributed by atoms with Crippen LogP contribution in [0.25, 0.3) is 10.2 Å². The first kappa shape index (κ1) is 25.2. The molecule has 1 atom stereocenters. The van der Waals surface area contributed by atoms with Crippen LogP contribution in [0.4, 0.5) is 5.13 Å². The second kappa shape index (κ2) is 10.5. The number of fused-ring (bicyclic) bond motifs is 1. The lowest BCUT2D eigenvalue weighted by Gasteiger charge is -2.35. The van der Waals surface area contributed by atoms with Gasteiger partial charge in [-0.05, 0) is 42.0 Å². The maximum atomic E-state index is 14.2. The van der Waals surface area contributed by atoms with Crippen molar-refractivity contribution in [3.63, 3.8) is 0 Å². The van der Waals surface area contributed by atoms with Gasteiger partial charge in [-0.25, -0.2) is 13.4 Å². The molecule has 1 amide bonds. The van der Waals surface area contributed by atoms with Gasteiger partial charge >= 0.3 is 0 Å². The highest BCUT2D eigenvalue weighted by Gasteiger charge is 2.41. The van der Waals surface area contributed by atoms with Crippen molar-refractivity contribution in [3.8, 4) is 5.75 Å². The number of halogens is 1. The van der Waals surface area contributed by atoms with E-state index in [0.717, 1.165) is 23.3 Å². The molecule has 1 aliphatic heterocycles. The number of thiophene rings is 1. The van der Waals surface area contributed by atoms with Crippen LogP contribution in [0.3, 0.4) is 0 Å². The lowest BCUT2D eigenvalue weighted by atomic mass is 10.0. The van der Waals surface area contributed by atoms with Gasteiger partial charge in [-0.2, -0.15) is 4.31 Å². The van der Waals surface area contributed by atoms with E-state index in [0.29, 0.717) is 45.5 Å². The molecule has 0 spiro atoms. The molecule has 4 aromatic rings. The Bertz CT molecular complexity index is 1470. The molecule has 188 valence electrons. The SMILES string of the molecule is COc1ccc(Cl)c2sc(N(Cc3ccccc3)C(=O)C3CCCCN3S(=O)(=O)c3cccs3)nc12. The number of ether oxygens (including phenoxy) is 1. The van der Waals surface area contributed by atoms with Crippen molar-refractivity contribution in [2.24, 2.45) is 0 Å². The average Bonchev–Trinajstić information content (AvgIpc) is 3.60. The van der Waals surface area contributed by atoms with E-state index in [1.54, 1.807) is 41.7 Å². The predicted molar refractivity (Wildman–Crippen MR) is 145 cm³/mol. The van der Waals surface area contributed by atoms with Crippen LogP contribution in [0.2, 0.25) is 5.02 Å². The zero-order chi connectivity index (χ0) is 25.3. The summed E-state index contributed by atoms with van der Waals surface area (Å²) in [5.74, 6) is 0.261. The summed E-state index contributed by atoms with van der Waals surface area (Å²) in [5, 5.41) is 2.69. The minimum absolute atomic E-state index is 0.244. The van der Waals surface area contributed by atoms with Crippen molar-refractivity contribution >= 4 is 65.6 Å². The van der Waals surface area contributed by atoms with Gasteiger partial charge in [0.25, 0.3) is 10.0 Å². The molecule has 0 bridgehead atoms. The van der Waals surface area contributed by atoms with Crippen LogP contribution in [-0.4, -0.2) is 43.3 Å². The molecule has 5 rings (SSSR count). The number of thiazole rings is 1. The van der Waals surface area contributed by atoms with E-state index in [9.17, 15) is 13.2 Å². The van der Waals surface area contributed by atoms with Crippen molar-refractivity contribution in [1.82, 2.24) is 9.29 Å². The first-order valence-electron chi connectivity index (χ1n) is 11.4. The Balaban J connectivity index is 1.58. The van der Waals surface area contributed by atoms with E-state index in [1.165, 1.54) is 15.6 Å². The van der Waals surface area contributed by atoms with Crippen LogP contribution in [0, 0.1) is 0 Å². The molecule has 0 saturated carbocycles. The molecule has 1 saturated heterocycles. The second-order valence-electron chi connectivity index (χ2n) is 8.39. The maximum absolute atomic E-state index is 14.2. The molecule has 2 aromatic heterocycles. The normalized spacial score (nSPS) is 16.8. The van der Waals surface area contributed by atoms with Crippen LogP contribution in [0.1, 0.15) is 24.8 Å². The lowest BCUT2D eigenvalue weighted by molar-refractivity contribution is -0.123. The lowest BCUT2D eigenvalue weighted by Crippen LogP contribution is -2.52. The van der Waals surface area contributed by atoms with Gasteiger partial charge in [0.15, 0.2) is 5.13 Å². The van der Waals surface area contributed by atoms with Crippen molar-refractivity contribution in [2.45, 2.75) is 36.1 Å². The summed E-state index contributed by atoms with van der Waals surface area (Å²) in [6.07, 6.45) is 1.93. The molecule has 2 aromatic carbocycles. The van der Waals surface area contributed by atoms with E-state index in [4.69, 9.17) is 21.3 Å². The molecule has 0 radical (unpaired) electrons. The third-order valence-electron chi connectivity index (χ3n) is 6.14. The highest BCUT2D eigenvalue weighted by Crippen LogP contribution is 2.40. The fourth-order valence-corrected chi connectivity index (χ4v) is 8.40. The number of piperidine rings is 1. The van der Waals surface area contributed by atoms with Gasteiger partial charge in [0.2, 0.25) is 5.91 Å². The van der Waals surface area contributed by atoms with E-state index in [2.05, 4.69) is 0 Å². The molecule has 7 nitrogen and oxygen atoms in total. The molecule has 11 heteroatoms. The molecular formula is C25H24ClN3O4S3. The third-order valence-corrected chi connectivity index (χ3v) is 11.0. The van der Waals surface area contributed by atoms with Gasteiger partial charge in [0.1, 0.15) is 21.5 Å². The Morgan fingerprint density at radius 3 is 2.69 bits per heavy atom. The topological polar surface area (TPSA) is 79.8 Å². The van der Waals surface area contributed by atoms with Crippen LogP contribution in [-0.2, 0) is 21.4 Å². The third kappa shape index (κ3) is 4.76. The minimum Gasteiger partial charge on any atom is -0.494 e. The van der Waals surface area contributed by atoms with Crippen molar-refractivity contribution in [2.75, 3.05) is 18.6 Å². The van der Waals surface area contributed by atoms with Gasteiger partial charge in [0.05, 0.1) is 23.4 Å². The number of nitrogens with zero attached hydrogens (tertiary/aromatic N) is 3. The number of amides is 1. The summed E-state index contributed by atoms with van der Waals surface area (Å²) in [7, 11) is -2.24. The zero-order valence-electron chi connectivity index (χ0n) is 19.5. The first-order chi connectivity index (χ1) is 17.4. The average molecular weight is 562 g/mol. The summed E-state index contributed by atoms with van der Waals surface area (Å²) < 4.78 is 34.7. The van der Waals surface area contributed by atoms with Gasteiger partial charge in [-0.15, -0.1) is 11.3 Å². The molecule has 36 heavy (non-hydrogen) atoms. The number of rotatable bonds is 7. The predicted octanol–water partition coefficient (Wildman–Crippen LogP) is 5.80. The molecule has 0 N–H and O–H groups in total. The second-order valence-corrected chi connectivity index (χ2v) is 12.8. The smallest absolute Gasteiger partial charge is 0.253 e. The van der Waals surface area contributed by atoms with E-state index >= 15 is 0 Å². The number of carbonyl (C=O) groups excluding carboxylic acids is 1. The Morgan fingerprint density at radius 2 is 1.97 bits per heavy atom. The Hall–Kier alpha value is -2.50. The largest absolute Gasteiger partial charge is 0.494 e. The quantitative estimate of drug-likeness (QED) is 0.285. The number of anilines is 1. The molecular weight excluding hydrogens is 538 g/mol. The van der Waals surface area contributed by atoms with Crippen LogP contribution in [0.5, 0.6) is 5.75 Å². The van der Waals surface area contributed by atoms with Crippen molar-refractivity contribution in [1.29, 1.82) is 0 Å². The molecule has 1 unspecified atom stereocenters. The number of methoxy groups -OCH3 is 1. The fourth-order valence-electron chi connectivity index (χ4n) is 4.37. The van der Waals surface area contributed by atoms with Crippen LogP contribution >= 0.6 is 34.3 Å². The van der Waals surface area contributed by atoms with E-state index in [-0.39, 0.29) is 16.7 Å².